The van der Waals surface area contributed by atoms with Crippen molar-refractivity contribution in [3.63, 3.8) is 0 Å². The van der Waals surface area contributed by atoms with Crippen LogP contribution in [0.5, 0.6) is 0 Å². The van der Waals surface area contributed by atoms with Crippen LogP contribution >= 0.6 is 0 Å². The molecule has 2 heteroatoms. The molecule has 17 heavy (non-hydrogen) atoms. The maximum atomic E-state index is 12.4. The Kier molecular flexibility index (Phi) is 3.89. The lowest BCUT2D eigenvalue weighted by molar-refractivity contribution is -0.920. The zero-order chi connectivity index (χ0) is 13.1. The third-order valence-corrected chi connectivity index (χ3v) is 3.50. The van der Waals surface area contributed by atoms with Crippen molar-refractivity contribution >= 4 is 5.78 Å². The monoisotopic (exact) mass is 232 g/mol. The number of benzene rings is 1. The molecule has 0 bridgehead atoms. The minimum absolute atomic E-state index is 0.0821. The lowest BCUT2D eigenvalue weighted by atomic mass is 9.80. The van der Waals surface area contributed by atoms with Crippen molar-refractivity contribution in [2.45, 2.75) is 18.9 Å². The standard InChI is InChI=1S/C15H22NO/c1-6-14(17)15(7-2,16(3,4)5)13-11-9-8-10-12-13/h6,8-12H,1,7H2,2-5H3/q+1. The number of hydrogen-bond acceptors (Lipinski definition) is 1. The van der Waals surface area contributed by atoms with E-state index in [0.717, 1.165) is 12.0 Å². The second-order valence-corrected chi connectivity index (χ2v) is 5.16. The van der Waals surface area contributed by atoms with Crippen LogP contribution in [0.25, 0.3) is 0 Å². The first-order valence-corrected chi connectivity index (χ1v) is 5.94. The zero-order valence-corrected chi connectivity index (χ0v) is 11.2. The Morgan fingerprint density at radius 1 is 1.29 bits per heavy atom. The molecule has 0 amide bonds. The highest BCUT2D eigenvalue weighted by Crippen LogP contribution is 2.35. The van der Waals surface area contributed by atoms with Gasteiger partial charge in [-0.05, 0) is 6.08 Å². The SMILES string of the molecule is C=CC(=O)C(CC)(c1ccccc1)[N+](C)(C)C. The molecule has 1 atom stereocenters. The maximum Gasteiger partial charge on any atom is 0.220 e. The summed E-state index contributed by atoms with van der Waals surface area (Å²) in [5, 5.41) is 0. The first-order valence-electron chi connectivity index (χ1n) is 5.94. The first-order chi connectivity index (χ1) is 7.90. The van der Waals surface area contributed by atoms with Crippen molar-refractivity contribution < 1.29 is 9.28 Å². The number of hydrogen-bond donors (Lipinski definition) is 0. The third-order valence-electron chi connectivity index (χ3n) is 3.50. The fourth-order valence-corrected chi connectivity index (χ4v) is 2.60. The highest BCUT2D eigenvalue weighted by molar-refractivity contribution is 5.97. The van der Waals surface area contributed by atoms with E-state index in [4.69, 9.17) is 0 Å². The molecule has 1 rings (SSSR count). The number of ketones is 1. The first kappa shape index (κ1) is 13.7. The van der Waals surface area contributed by atoms with Crippen LogP contribution in [0.1, 0.15) is 18.9 Å². The molecule has 1 aromatic rings. The van der Waals surface area contributed by atoms with Gasteiger partial charge in [0.1, 0.15) is 0 Å². The summed E-state index contributed by atoms with van der Waals surface area (Å²) in [6.45, 7) is 5.71. The molecule has 0 spiro atoms. The topological polar surface area (TPSA) is 17.1 Å². The zero-order valence-electron chi connectivity index (χ0n) is 11.2. The molecule has 2 nitrogen and oxygen atoms in total. The molecular formula is C15H22NO+. The molecule has 1 unspecified atom stereocenters. The van der Waals surface area contributed by atoms with Crippen LogP contribution < -0.4 is 0 Å². The normalized spacial score (nSPS) is 15.1. The highest BCUT2D eigenvalue weighted by atomic mass is 16.1. The number of nitrogens with zero attached hydrogens (tertiary/aromatic N) is 1. The van der Waals surface area contributed by atoms with Gasteiger partial charge in [-0.1, -0.05) is 43.8 Å². The fraction of sp³-hybridized carbons (Fsp3) is 0.400. The van der Waals surface area contributed by atoms with E-state index in [0.29, 0.717) is 4.48 Å². The van der Waals surface area contributed by atoms with E-state index >= 15 is 0 Å². The van der Waals surface area contributed by atoms with Crippen LogP contribution in [0.4, 0.5) is 0 Å². The molecule has 0 heterocycles. The molecule has 0 radical (unpaired) electrons. The van der Waals surface area contributed by atoms with E-state index in [2.05, 4.69) is 34.6 Å². The van der Waals surface area contributed by atoms with E-state index in [9.17, 15) is 4.79 Å². The van der Waals surface area contributed by atoms with Gasteiger partial charge in [-0.15, -0.1) is 0 Å². The number of quaternary nitrogens is 1. The molecule has 1 aromatic carbocycles. The lowest BCUT2D eigenvalue weighted by Gasteiger charge is -2.44. The Bertz CT molecular complexity index is 403. The van der Waals surface area contributed by atoms with Gasteiger partial charge in [-0.25, -0.2) is 0 Å². The summed E-state index contributed by atoms with van der Waals surface area (Å²) < 4.78 is 0.568. The van der Waals surface area contributed by atoms with Gasteiger partial charge in [0.2, 0.25) is 5.78 Å². The predicted octanol–water partition coefficient (Wildman–Crippen LogP) is 2.75. The van der Waals surface area contributed by atoms with Crippen LogP contribution in [0.3, 0.4) is 0 Å². The van der Waals surface area contributed by atoms with Crippen LogP contribution in [-0.4, -0.2) is 31.4 Å². The molecule has 0 saturated heterocycles. The average molecular weight is 232 g/mol. The smallest absolute Gasteiger partial charge is 0.220 e. The second-order valence-electron chi connectivity index (χ2n) is 5.16. The largest absolute Gasteiger partial charge is 0.316 e. The summed E-state index contributed by atoms with van der Waals surface area (Å²) in [4.78, 5) is 12.4. The predicted molar refractivity (Wildman–Crippen MR) is 71.6 cm³/mol. The van der Waals surface area contributed by atoms with Gasteiger partial charge in [0.15, 0.2) is 5.54 Å². The van der Waals surface area contributed by atoms with Crippen LogP contribution in [0, 0.1) is 0 Å². The van der Waals surface area contributed by atoms with E-state index < -0.39 is 5.54 Å². The maximum absolute atomic E-state index is 12.4. The number of rotatable bonds is 5. The van der Waals surface area contributed by atoms with Crippen molar-refractivity contribution in [3.05, 3.63) is 48.6 Å². The van der Waals surface area contributed by atoms with E-state index in [1.807, 2.05) is 30.3 Å². The van der Waals surface area contributed by atoms with Gasteiger partial charge >= 0.3 is 0 Å². The van der Waals surface area contributed by atoms with Crippen molar-refractivity contribution in [1.29, 1.82) is 0 Å². The second kappa shape index (κ2) is 4.84. The Labute approximate surface area is 104 Å². The van der Waals surface area contributed by atoms with Crippen LogP contribution in [0.15, 0.2) is 43.0 Å². The fourth-order valence-electron chi connectivity index (χ4n) is 2.60. The van der Waals surface area contributed by atoms with Crippen LogP contribution in [0.2, 0.25) is 0 Å². The Balaban J connectivity index is 3.48. The minimum atomic E-state index is -0.539. The van der Waals surface area contributed by atoms with E-state index in [1.54, 1.807) is 0 Å². The quantitative estimate of drug-likeness (QED) is 0.563. The molecule has 0 N–H and O–H groups in total. The summed E-state index contributed by atoms with van der Waals surface area (Å²) in [7, 11) is 6.16. The summed E-state index contributed by atoms with van der Waals surface area (Å²) in [6.07, 6.45) is 2.20. The van der Waals surface area contributed by atoms with Gasteiger partial charge < -0.3 is 4.48 Å². The summed E-state index contributed by atoms with van der Waals surface area (Å²) in [5.74, 6) is 0.0821. The highest BCUT2D eigenvalue weighted by Gasteiger charge is 2.48. The molecule has 92 valence electrons. The van der Waals surface area contributed by atoms with Crippen molar-refractivity contribution in [3.8, 4) is 0 Å². The van der Waals surface area contributed by atoms with Crippen molar-refractivity contribution in [2.75, 3.05) is 21.1 Å². The Morgan fingerprint density at radius 2 is 1.82 bits per heavy atom. The minimum Gasteiger partial charge on any atom is -0.316 e. The molecule has 0 aromatic heterocycles. The molecule has 0 aliphatic rings. The molecule has 0 aliphatic heterocycles. The summed E-state index contributed by atoms with van der Waals surface area (Å²) in [5.41, 5.74) is 0.517. The lowest BCUT2D eigenvalue weighted by Crippen LogP contribution is -2.58. The van der Waals surface area contributed by atoms with Gasteiger partial charge in [-0.3, -0.25) is 4.79 Å². The van der Waals surface area contributed by atoms with Crippen molar-refractivity contribution in [2.24, 2.45) is 0 Å². The molecular weight excluding hydrogens is 210 g/mol. The Hall–Kier alpha value is -1.41. The number of carbonyl (C=O) groups is 1. The number of likely N-dealkylation sites (N-methyl/N-ethyl adjacent to an activating group) is 1. The molecule has 0 aliphatic carbocycles. The third kappa shape index (κ3) is 2.18. The van der Waals surface area contributed by atoms with Gasteiger partial charge in [0.25, 0.3) is 0 Å². The van der Waals surface area contributed by atoms with Gasteiger partial charge in [0, 0.05) is 12.0 Å². The van der Waals surface area contributed by atoms with E-state index in [1.165, 1.54) is 6.08 Å². The molecule has 0 saturated carbocycles. The van der Waals surface area contributed by atoms with Gasteiger partial charge in [-0.2, -0.15) is 0 Å². The van der Waals surface area contributed by atoms with Crippen molar-refractivity contribution in [1.82, 2.24) is 0 Å². The molecule has 0 fully saturated rings. The summed E-state index contributed by atoms with van der Waals surface area (Å²) in [6, 6.07) is 9.97. The van der Waals surface area contributed by atoms with Crippen LogP contribution in [-0.2, 0) is 10.3 Å². The number of carbonyl (C=O) groups excluding carboxylic acids is 1. The van der Waals surface area contributed by atoms with Gasteiger partial charge in [0.05, 0.1) is 21.1 Å². The Morgan fingerprint density at radius 3 is 2.18 bits per heavy atom. The average Bonchev–Trinajstić information content (AvgIpc) is 2.30. The van der Waals surface area contributed by atoms with E-state index in [-0.39, 0.29) is 5.78 Å². The summed E-state index contributed by atoms with van der Waals surface area (Å²) >= 11 is 0.